The molecule has 6 heteroatoms. The van der Waals surface area contributed by atoms with Crippen LogP contribution in [0.4, 0.5) is 4.79 Å². The Morgan fingerprint density at radius 2 is 1.76 bits per heavy atom. The molecule has 0 bridgehead atoms. The molecular weight excluding hydrogens is 320 g/mol. The van der Waals surface area contributed by atoms with Crippen LogP contribution in [0.2, 0.25) is 0 Å². The third-order valence-corrected chi connectivity index (χ3v) is 4.58. The average Bonchev–Trinajstić information content (AvgIpc) is 2.86. The van der Waals surface area contributed by atoms with Gasteiger partial charge in [-0.15, -0.1) is 0 Å². The number of urea groups is 1. The summed E-state index contributed by atoms with van der Waals surface area (Å²) in [6.45, 7) is 2.92. The van der Waals surface area contributed by atoms with Crippen molar-refractivity contribution in [1.29, 1.82) is 0 Å². The number of ether oxygens (including phenoxy) is 2. The molecule has 0 saturated carbocycles. The molecule has 25 heavy (non-hydrogen) atoms. The summed E-state index contributed by atoms with van der Waals surface area (Å²) in [5.74, 6) is 0.961. The smallest absolute Gasteiger partial charge is 0.325 e. The van der Waals surface area contributed by atoms with Crippen LogP contribution in [0.1, 0.15) is 18.1 Å². The Hall–Kier alpha value is -3.02. The van der Waals surface area contributed by atoms with Crippen molar-refractivity contribution in [3.05, 3.63) is 59.7 Å². The Bertz CT molecular complexity index is 837. The van der Waals surface area contributed by atoms with Gasteiger partial charge in [0.1, 0.15) is 18.8 Å². The van der Waals surface area contributed by atoms with Crippen LogP contribution in [0.25, 0.3) is 0 Å². The van der Waals surface area contributed by atoms with Crippen molar-refractivity contribution in [2.75, 3.05) is 13.2 Å². The van der Waals surface area contributed by atoms with Crippen molar-refractivity contribution < 1.29 is 19.1 Å². The van der Waals surface area contributed by atoms with Gasteiger partial charge in [-0.2, -0.15) is 0 Å². The third-order valence-electron chi connectivity index (χ3n) is 4.58. The largest absolute Gasteiger partial charge is 0.486 e. The number of nitrogens with zero attached hydrogens (tertiary/aromatic N) is 1. The fourth-order valence-corrected chi connectivity index (χ4v) is 3.16. The number of nitrogens with one attached hydrogen (secondary N) is 1. The molecule has 1 atom stereocenters. The first-order valence-corrected chi connectivity index (χ1v) is 8.16. The van der Waals surface area contributed by atoms with E-state index in [9.17, 15) is 9.59 Å². The fourth-order valence-electron chi connectivity index (χ4n) is 3.16. The molecular formula is C19H18N2O4. The quantitative estimate of drug-likeness (QED) is 0.873. The molecule has 2 aromatic rings. The summed E-state index contributed by atoms with van der Waals surface area (Å²) in [4.78, 5) is 26.6. The molecule has 1 saturated heterocycles. The minimum atomic E-state index is -1.12. The molecule has 3 amide bonds. The van der Waals surface area contributed by atoms with E-state index in [4.69, 9.17) is 9.47 Å². The van der Waals surface area contributed by atoms with Crippen molar-refractivity contribution in [3.8, 4) is 11.5 Å². The van der Waals surface area contributed by atoms with E-state index in [0.717, 1.165) is 5.56 Å². The number of rotatable bonds is 3. The molecule has 128 valence electrons. The van der Waals surface area contributed by atoms with Gasteiger partial charge in [0.05, 0.1) is 6.54 Å². The van der Waals surface area contributed by atoms with Gasteiger partial charge in [0.2, 0.25) is 0 Å². The molecule has 1 N–H and O–H groups in total. The molecule has 6 nitrogen and oxygen atoms in total. The predicted octanol–water partition coefficient (Wildman–Crippen LogP) is 2.42. The molecule has 2 aromatic carbocycles. The SMILES string of the molecule is C[C@]1(c2ccc3c(c2)OCCO3)NC(=O)N(Cc2ccccc2)C1=O. The van der Waals surface area contributed by atoms with Gasteiger partial charge in [0.15, 0.2) is 11.5 Å². The molecule has 0 aromatic heterocycles. The van der Waals surface area contributed by atoms with E-state index in [0.29, 0.717) is 30.3 Å². The molecule has 4 rings (SSSR count). The van der Waals surface area contributed by atoms with Crippen LogP contribution in [0.5, 0.6) is 11.5 Å². The lowest BCUT2D eigenvalue weighted by atomic mass is 9.91. The Kier molecular flexibility index (Phi) is 3.60. The number of amides is 3. The van der Waals surface area contributed by atoms with Crippen molar-refractivity contribution in [2.24, 2.45) is 0 Å². The van der Waals surface area contributed by atoms with E-state index in [1.54, 1.807) is 25.1 Å². The highest BCUT2D eigenvalue weighted by Crippen LogP contribution is 2.37. The summed E-state index contributed by atoms with van der Waals surface area (Å²) < 4.78 is 11.1. The molecule has 0 radical (unpaired) electrons. The van der Waals surface area contributed by atoms with Gasteiger partial charge in [-0.05, 0) is 30.2 Å². The standard InChI is InChI=1S/C19H18N2O4/c1-19(14-7-8-15-16(11-14)25-10-9-24-15)17(22)21(18(23)20-19)12-13-5-3-2-4-6-13/h2-8,11H,9-10,12H2,1H3,(H,20,23)/t19-/m1/s1. The van der Waals surface area contributed by atoms with Crippen LogP contribution in [-0.4, -0.2) is 30.1 Å². The number of carbonyl (C=O) groups excluding carboxylic acids is 2. The van der Waals surface area contributed by atoms with Crippen LogP contribution in [0.3, 0.4) is 0 Å². The van der Waals surface area contributed by atoms with Gasteiger partial charge in [0.25, 0.3) is 5.91 Å². The van der Waals surface area contributed by atoms with Gasteiger partial charge in [-0.1, -0.05) is 36.4 Å². The van der Waals surface area contributed by atoms with E-state index < -0.39 is 11.6 Å². The zero-order valence-electron chi connectivity index (χ0n) is 13.8. The predicted molar refractivity (Wildman–Crippen MR) is 90.3 cm³/mol. The zero-order valence-corrected chi connectivity index (χ0v) is 13.8. The summed E-state index contributed by atoms with van der Waals surface area (Å²) in [5.41, 5.74) is 0.449. The van der Waals surface area contributed by atoms with E-state index >= 15 is 0 Å². The number of benzene rings is 2. The lowest BCUT2D eigenvalue weighted by molar-refractivity contribution is -0.131. The minimum absolute atomic E-state index is 0.242. The average molecular weight is 338 g/mol. The second kappa shape index (κ2) is 5.81. The monoisotopic (exact) mass is 338 g/mol. The minimum Gasteiger partial charge on any atom is -0.486 e. The third kappa shape index (κ3) is 2.59. The molecule has 2 aliphatic heterocycles. The van der Waals surface area contributed by atoms with E-state index in [1.807, 2.05) is 30.3 Å². The topological polar surface area (TPSA) is 67.9 Å². The first-order chi connectivity index (χ1) is 12.1. The van der Waals surface area contributed by atoms with Crippen LogP contribution < -0.4 is 14.8 Å². The lowest BCUT2D eigenvalue weighted by Crippen LogP contribution is -2.41. The maximum absolute atomic E-state index is 13.0. The zero-order chi connectivity index (χ0) is 17.4. The molecule has 0 unspecified atom stereocenters. The Balaban J connectivity index is 1.64. The van der Waals surface area contributed by atoms with Gasteiger partial charge in [-0.25, -0.2) is 4.79 Å². The lowest BCUT2D eigenvalue weighted by Gasteiger charge is -2.25. The summed E-state index contributed by atoms with van der Waals surface area (Å²) in [6.07, 6.45) is 0. The second-order valence-corrected chi connectivity index (χ2v) is 6.29. The molecule has 0 spiro atoms. The summed E-state index contributed by atoms with van der Waals surface area (Å²) in [7, 11) is 0. The van der Waals surface area contributed by atoms with Gasteiger partial charge < -0.3 is 14.8 Å². The highest BCUT2D eigenvalue weighted by Gasteiger charge is 2.49. The van der Waals surface area contributed by atoms with E-state index in [1.165, 1.54) is 4.90 Å². The summed E-state index contributed by atoms with van der Waals surface area (Å²) in [5, 5.41) is 2.81. The Morgan fingerprint density at radius 1 is 1.04 bits per heavy atom. The van der Waals surface area contributed by atoms with Crippen molar-refractivity contribution in [3.63, 3.8) is 0 Å². The van der Waals surface area contributed by atoms with Gasteiger partial charge in [-0.3, -0.25) is 9.69 Å². The van der Waals surface area contributed by atoms with Crippen LogP contribution >= 0.6 is 0 Å². The van der Waals surface area contributed by atoms with Gasteiger partial charge in [0, 0.05) is 0 Å². The first-order valence-electron chi connectivity index (χ1n) is 8.16. The fraction of sp³-hybridized carbons (Fsp3) is 0.263. The first kappa shape index (κ1) is 15.5. The number of imide groups is 1. The maximum atomic E-state index is 13.0. The molecule has 2 aliphatic rings. The number of fused-ring (bicyclic) bond motifs is 1. The van der Waals surface area contributed by atoms with Crippen molar-refractivity contribution in [1.82, 2.24) is 10.2 Å². The molecule has 0 aliphatic carbocycles. The Labute approximate surface area is 145 Å². The highest BCUT2D eigenvalue weighted by atomic mass is 16.6. The van der Waals surface area contributed by atoms with Crippen LogP contribution in [0.15, 0.2) is 48.5 Å². The number of hydrogen-bond acceptors (Lipinski definition) is 4. The second-order valence-electron chi connectivity index (χ2n) is 6.29. The van der Waals surface area contributed by atoms with Gasteiger partial charge >= 0.3 is 6.03 Å². The van der Waals surface area contributed by atoms with E-state index in [-0.39, 0.29) is 12.5 Å². The Morgan fingerprint density at radius 3 is 2.52 bits per heavy atom. The molecule has 1 fully saturated rings. The van der Waals surface area contributed by atoms with E-state index in [2.05, 4.69) is 5.32 Å². The van der Waals surface area contributed by atoms with Crippen LogP contribution in [0, 0.1) is 0 Å². The maximum Gasteiger partial charge on any atom is 0.325 e. The molecule has 2 heterocycles. The number of hydrogen-bond donors (Lipinski definition) is 1. The number of carbonyl (C=O) groups is 2. The normalized spacial score (nSPS) is 22.0. The summed E-state index contributed by atoms with van der Waals surface area (Å²) in [6, 6.07) is 14.4. The highest BCUT2D eigenvalue weighted by molar-refractivity contribution is 6.07. The van der Waals surface area contributed by atoms with Crippen molar-refractivity contribution >= 4 is 11.9 Å². The van der Waals surface area contributed by atoms with Crippen LogP contribution in [-0.2, 0) is 16.9 Å². The van der Waals surface area contributed by atoms with Crippen molar-refractivity contribution in [2.45, 2.75) is 19.0 Å². The summed E-state index contributed by atoms with van der Waals surface area (Å²) >= 11 is 0.